The van der Waals surface area contributed by atoms with Gasteiger partial charge in [-0.05, 0) is 24.6 Å². The Kier molecular flexibility index (Phi) is 4.26. The number of nitrogens with zero attached hydrogens (tertiary/aromatic N) is 3. The molecule has 2 atom stereocenters. The lowest BCUT2D eigenvalue weighted by atomic mass is 9.94. The fourth-order valence-corrected chi connectivity index (χ4v) is 3.48. The molecule has 148 valence electrons. The Labute approximate surface area is 163 Å². The molecule has 2 aromatic carbocycles. The van der Waals surface area contributed by atoms with Crippen molar-refractivity contribution in [3.8, 4) is 5.75 Å². The normalized spacial score (nSPS) is 20.4. The van der Waals surface area contributed by atoms with Crippen molar-refractivity contribution in [1.82, 2.24) is 0 Å². The van der Waals surface area contributed by atoms with Gasteiger partial charge in [0.15, 0.2) is 5.75 Å². The lowest BCUT2D eigenvalue weighted by molar-refractivity contribution is -0.385. The minimum Gasteiger partial charge on any atom is -0.490 e. The highest BCUT2D eigenvalue weighted by Gasteiger charge is 2.56. The standard InChI is InChI=1S/C19H14FN3O6/c1-9-7-13(23(26)27)14(28-2)8-12(9)22-18(24)15-16(21-29-17(15)19(22)25)10-3-5-11(20)6-4-10/h3-8,15,17H,1-2H3/t15-,17+/m1/s1. The van der Waals surface area contributed by atoms with E-state index in [1.807, 2.05) is 0 Å². The van der Waals surface area contributed by atoms with Crippen molar-refractivity contribution in [2.24, 2.45) is 11.1 Å². The number of hydrogen-bond donors (Lipinski definition) is 0. The number of oxime groups is 1. The summed E-state index contributed by atoms with van der Waals surface area (Å²) in [6.07, 6.45) is -1.15. The molecular weight excluding hydrogens is 385 g/mol. The lowest BCUT2D eigenvalue weighted by Crippen LogP contribution is -2.33. The van der Waals surface area contributed by atoms with Gasteiger partial charge in [-0.15, -0.1) is 0 Å². The summed E-state index contributed by atoms with van der Waals surface area (Å²) in [5.74, 6) is -2.75. The number of hydrogen-bond acceptors (Lipinski definition) is 7. The van der Waals surface area contributed by atoms with Gasteiger partial charge in [0.05, 0.1) is 17.7 Å². The Hall–Kier alpha value is -3.82. The van der Waals surface area contributed by atoms with Crippen molar-refractivity contribution in [1.29, 1.82) is 0 Å². The van der Waals surface area contributed by atoms with Crippen LogP contribution < -0.4 is 9.64 Å². The summed E-state index contributed by atoms with van der Waals surface area (Å²) in [5, 5.41) is 15.0. The van der Waals surface area contributed by atoms with Crippen LogP contribution in [-0.4, -0.2) is 35.7 Å². The van der Waals surface area contributed by atoms with E-state index in [1.54, 1.807) is 6.92 Å². The van der Waals surface area contributed by atoms with E-state index in [-0.39, 0.29) is 22.8 Å². The molecule has 2 aliphatic rings. The monoisotopic (exact) mass is 399 g/mol. The number of ether oxygens (including phenoxy) is 1. The van der Waals surface area contributed by atoms with E-state index in [0.717, 1.165) is 4.90 Å². The highest BCUT2D eigenvalue weighted by atomic mass is 19.1. The van der Waals surface area contributed by atoms with Crippen molar-refractivity contribution in [2.75, 3.05) is 12.0 Å². The van der Waals surface area contributed by atoms with Gasteiger partial charge in [-0.25, -0.2) is 9.29 Å². The number of anilines is 1. The second kappa shape index (κ2) is 6.66. The smallest absolute Gasteiger partial charge is 0.311 e. The van der Waals surface area contributed by atoms with Crippen LogP contribution in [0.1, 0.15) is 11.1 Å². The molecule has 2 heterocycles. The highest BCUT2D eigenvalue weighted by molar-refractivity contribution is 6.32. The van der Waals surface area contributed by atoms with Crippen LogP contribution in [0.5, 0.6) is 5.75 Å². The van der Waals surface area contributed by atoms with Crippen LogP contribution in [0.15, 0.2) is 41.6 Å². The lowest BCUT2D eigenvalue weighted by Gasteiger charge is -2.18. The largest absolute Gasteiger partial charge is 0.490 e. The summed E-state index contributed by atoms with van der Waals surface area (Å²) in [5.41, 5.74) is 0.915. The first-order chi connectivity index (χ1) is 13.8. The zero-order valence-electron chi connectivity index (χ0n) is 15.3. The summed E-state index contributed by atoms with van der Waals surface area (Å²) in [4.78, 5) is 42.7. The molecule has 0 aliphatic carbocycles. The van der Waals surface area contributed by atoms with Crippen LogP contribution in [0.3, 0.4) is 0 Å². The minimum absolute atomic E-state index is 0.0818. The Morgan fingerprint density at radius 2 is 1.90 bits per heavy atom. The van der Waals surface area contributed by atoms with Crippen LogP contribution in [0.25, 0.3) is 0 Å². The zero-order valence-corrected chi connectivity index (χ0v) is 15.3. The second-order valence-electron chi connectivity index (χ2n) is 6.57. The number of rotatable bonds is 4. The first-order valence-electron chi connectivity index (χ1n) is 8.54. The van der Waals surface area contributed by atoms with Crippen molar-refractivity contribution < 1.29 is 28.5 Å². The maximum Gasteiger partial charge on any atom is 0.311 e. The first kappa shape index (κ1) is 18.5. The van der Waals surface area contributed by atoms with E-state index in [9.17, 15) is 24.1 Å². The van der Waals surface area contributed by atoms with Gasteiger partial charge in [0.25, 0.3) is 5.91 Å². The molecule has 9 nitrogen and oxygen atoms in total. The van der Waals surface area contributed by atoms with E-state index in [0.29, 0.717) is 11.1 Å². The molecular formula is C19H14FN3O6. The molecule has 2 amide bonds. The van der Waals surface area contributed by atoms with Gasteiger partial charge in [-0.3, -0.25) is 19.7 Å². The summed E-state index contributed by atoms with van der Waals surface area (Å²) in [7, 11) is 1.26. The number of nitro benzene ring substituents is 1. The Balaban J connectivity index is 1.74. The van der Waals surface area contributed by atoms with Crippen molar-refractivity contribution in [3.05, 3.63) is 63.5 Å². The Morgan fingerprint density at radius 3 is 2.52 bits per heavy atom. The van der Waals surface area contributed by atoms with E-state index < -0.39 is 34.6 Å². The second-order valence-corrected chi connectivity index (χ2v) is 6.57. The average molecular weight is 399 g/mol. The number of fused-ring (bicyclic) bond motifs is 1. The van der Waals surface area contributed by atoms with E-state index in [1.165, 1.54) is 43.5 Å². The third-order valence-corrected chi connectivity index (χ3v) is 4.89. The fourth-order valence-electron chi connectivity index (χ4n) is 3.48. The number of carbonyl (C=O) groups is 2. The van der Waals surface area contributed by atoms with Crippen LogP contribution in [0.2, 0.25) is 0 Å². The first-order valence-corrected chi connectivity index (χ1v) is 8.54. The molecule has 1 saturated heterocycles. The molecule has 0 radical (unpaired) electrons. The van der Waals surface area contributed by atoms with Crippen LogP contribution >= 0.6 is 0 Å². The molecule has 0 bridgehead atoms. The Bertz CT molecular complexity index is 1080. The van der Waals surface area contributed by atoms with Crippen LogP contribution in [0.4, 0.5) is 15.8 Å². The van der Waals surface area contributed by atoms with Crippen molar-refractivity contribution >= 4 is 28.9 Å². The molecule has 4 rings (SSSR count). The quantitative estimate of drug-likeness (QED) is 0.443. The molecule has 0 N–H and O–H groups in total. The molecule has 0 spiro atoms. The average Bonchev–Trinajstić information content (AvgIpc) is 3.23. The van der Waals surface area contributed by atoms with Gasteiger partial charge >= 0.3 is 5.69 Å². The van der Waals surface area contributed by atoms with Crippen molar-refractivity contribution in [3.63, 3.8) is 0 Å². The number of imide groups is 1. The van der Waals surface area contributed by atoms with E-state index in [2.05, 4.69) is 5.16 Å². The van der Waals surface area contributed by atoms with Gasteiger partial charge < -0.3 is 9.57 Å². The summed E-state index contributed by atoms with van der Waals surface area (Å²) in [6.45, 7) is 1.55. The SMILES string of the molecule is COc1cc(N2C(=O)[C@@H]3C(c4ccc(F)cc4)=NO[C@@H]3C2=O)c(C)cc1[N+](=O)[O-]. The molecule has 2 aliphatic heterocycles. The highest BCUT2D eigenvalue weighted by Crippen LogP contribution is 2.40. The maximum atomic E-state index is 13.2. The van der Waals surface area contributed by atoms with Gasteiger partial charge in [0.2, 0.25) is 12.0 Å². The van der Waals surface area contributed by atoms with Crippen molar-refractivity contribution in [2.45, 2.75) is 13.0 Å². The number of carbonyl (C=O) groups excluding carboxylic acids is 2. The third kappa shape index (κ3) is 2.80. The topological polar surface area (TPSA) is 111 Å². The van der Waals surface area contributed by atoms with Gasteiger partial charge in [0.1, 0.15) is 17.4 Å². The number of nitro groups is 1. The number of methoxy groups -OCH3 is 1. The fraction of sp³-hybridized carbons (Fsp3) is 0.211. The van der Waals surface area contributed by atoms with Crippen LogP contribution in [-0.2, 0) is 14.4 Å². The molecule has 1 fully saturated rings. The number of benzene rings is 2. The summed E-state index contributed by atoms with van der Waals surface area (Å²) in [6, 6.07) is 7.84. The predicted octanol–water partition coefficient (Wildman–Crippen LogP) is 2.34. The molecule has 10 heteroatoms. The van der Waals surface area contributed by atoms with Gasteiger partial charge in [-0.1, -0.05) is 17.3 Å². The van der Waals surface area contributed by atoms with E-state index in [4.69, 9.17) is 9.57 Å². The van der Waals surface area contributed by atoms with Gasteiger partial charge in [0, 0.05) is 17.7 Å². The molecule has 0 aromatic heterocycles. The third-order valence-electron chi connectivity index (χ3n) is 4.89. The molecule has 0 unspecified atom stereocenters. The molecule has 29 heavy (non-hydrogen) atoms. The number of amides is 2. The van der Waals surface area contributed by atoms with E-state index >= 15 is 0 Å². The molecule has 2 aromatic rings. The maximum absolute atomic E-state index is 13.2. The minimum atomic E-state index is -1.15. The predicted molar refractivity (Wildman–Crippen MR) is 98.2 cm³/mol. The Morgan fingerprint density at radius 1 is 1.21 bits per heavy atom. The molecule has 0 saturated carbocycles. The van der Waals surface area contributed by atoms with Crippen LogP contribution in [0, 0.1) is 28.8 Å². The number of halogens is 1. The number of aryl methyl sites for hydroxylation is 1. The summed E-state index contributed by atoms with van der Waals surface area (Å²) < 4.78 is 18.3. The summed E-state index contributed by atoms with van der Waals surface area (Å²) >= 11 is 0. The van der Waals surface area contributed by atoms with Gasteiger partial charge in [-0.2, -0.15) is 0 Å². The zero-order chi connectivity index (χ0) is 20.9.